The zero-order valence-corrected chi connectivity index (χ0v) is 10.8. The van der Waals surface area contributed by atoms with Crippen LogP contribution in [-0.4, -0.2) is 5.78 Å². The van der Waals surface area contributed by atoms with Gasteiger partial charge in [0.15, 0.2) is 11.6 Å². The zero-order chi connectivity index (χ0) is 14.3. The molecule has 2 aromatic carbocycles. The van der Waals surface area contributed by atoms with Crippen LogP contribution in [0, 0.1) is 17.5 Å². The number of carbonyl (C=O) groups is 1. The summed E-state index contributed by atoms with van der Waals surface area (Å²) in [5, 5.41) is 0.738. The second-order valence-corrected chi connectivity index (χ2v) is 5.33. The summed E-state index contributed by atoms with van der Waals surface area (Å²) in [6.45, 7) is 0. The topological polar surface area (TPSA) is 17.1 Å². The molecule has 1 heterocycles. The van der Waals surface area contributed by atoms with Crippen LogP contribution in [0.15, 0.2) is 42.5 Å². The molecule has 0 saturated carbocycles. The first-order valence-electron chi connectivity index (χ1n) is 5.73. The van der Waals surface area contributed by atoms with Crippen LogP contribution >= 0.6 is 11.3 Å². The number of benzene rings is 2. The molecule has 0 spiro atoms. The predicted octanol–water partition coefficient (Wildman–Crippen LogP) is 4.55. The molecular weight excluding hydrogens is 285 g/mol. The van der Waals surface area contributed by atoms with Crippen LogP contribution < -0.4 is 0 Å². The molecule has 3 aromatic rings. The minimum absolute atomic E-state index is 0.0657. The second-order valence-electron chi connectivity index (χ2n) is 4.25. The smallest absolute Gasteiger partial charge is 0.203 e. The van der Waals surface area contributed by atoms with Crippen LogP contribution in [0.4, 0.5) is 13.2 Å². The number of hydrogen-bond acceptors (Lipinski definition) is 2. The van der Waals surface area contributed by atoms with E-state index in [1.807, 2.05) is 0 Å². The van der Waals surface area contributed by atoms with Crippen molar-refractivity contribution in [3.63, 3.8) is 0 Å². The van der Waals surface area contributed by atoms with Crippen molar-refractivity contribution in [2.24, 2.45) is 0 Å². The fourth-order valence-corrected chi connectivity index (χ4v) is 2.95. The third kappa shape index (κ3) is 2.20. The highest BCUT2D eigenvalue weighted by atomic mass is 32.1. The zero-order valence-electron chi connectivity index (χ0n) is 9.99. The lowest BCUT2D eigenvalue weighted by atomic mass is 10.1. The Balaban J connectivity index is 2.05. The second kappa shape index (κ2) is 4.76. The number of ketones is 1. The van der Waals surface area contributed by atoms with Crippen LogP contribution in [0.2, 0.25) is 0 Å². The van der Waals surface area contributed by atoms with Gasteiger partial charge in [-0.05, 0) is 41.8 Å². The highest BCUT2D eigenvalue weighted by Gasteiger charge is 2.15. The Morgan fingerprint density at radius 3 is 2.45 bits per heavy atom. The molecule has 0 aliphatic heterocycles. The summed E-state index contributed by atoms with van der Waals surface area (Å²) in [5.41, 5.74) is 0.0657. The molecule has 0 atom stereocenters. The van der Waals surface area contributed by atoms with E-state index in [1.165, 1.54) is 18.2 Å². The van der Waals surface area contributed by atoms with Crippen molar-refractivity contribution in [2.75, 3.05) is 0 Å². The normalized spacial score (nSPS) is 10.9. The maximum atomic E-state index is 13.1. The molecule has 20 heavy (non-hydrogen) atoms. The van der Waals surface area contributed by atoms with Crippen LogP contribution in [0.1, 0.15) is 15.2 Å². The van der Waals surface area contributed by atoms with E-state index < -0.39 is 17.4 Å². The number of rotatable bonds is 2. The van der Waals surface area contributed by atoms with E-state index in [1.54, 1.807) is 12.1 Å². The highest BCUT2D eigenvalue weighted by Crippen LogP contribution is 2.28. The van der Waals surface area contributed by atoms with Crippen LogP contribution in [0.3, 0.4) is 0 Å². The first-order valence-corrected chi connectivity index (χ1v) is 6.55. The van der Waals surface area contributed by atoms with Gasteiger partial charge in [-0.25, -0.2) is 13.2 Å². The fourth-order valence-electron chi connectivity index (χ4n) is 1.90. The van der Waals surface area contributed by atoms with Gasteiger partial charge >= 0.3 is 0 Å². The number of fused-ring (bicyclic) bond motifs is 1. The third-order valence-electron chi connectivity index (χ3n) is 2.89. The SMILES string of the molecule is O=C(c1ccc(F)c(F)c1)c1cc2ccc(F)cc2s1. The number of carbonyl (C=O) groups excluding carboxylic acids is 1. The van der Waals surface area contributed by atoms with E-state index in [9.17, 15) is 18.0 Å². The van der Waals surface area contributed by atoms with Crippen molar-refractivity contribution in [1.82, 2.24) is 0 Å². The van der Waals surface area contributed by atoms with E-state index in [2.05, 4.69) is 0 Å². The first kappa shape index (κ1) is 12.9. The highest BCUT2D eigenvalue weighted by molar-refractivity contribution is 7.21. The van der Waals surface area contributed by atoms with Gasteiger partial charge in [-0.2, -0.15) is 0 Å². The molecule has 0 aliphatic carbocycles. The standard InChI is InChI=1S/C15H7F3OS/c16-10-3-1-8-6-14(20-13(8)7-10)15(19)9-2-4-11(17)12(18)5-9/h1-7H. The van der Waals surface area contributed by atoms with Crippen LogP contribution in [0.25, 0.3) is 10.1 Å². The third-order valence-corrected chi connectivity index (χ3v) is 3.98. The quantitative estimate of drug-likeness (QED) is 0.633. The molecule has 1 aromatic heterocycles. The lowest BCUT2D eigenvalue weighted by molar-refractivity contribution is 0.104. The van der Waals surface area contributed by atoms with Gasteiger partial charge < -0.3 is 0 Å². The van der Waals surface area contributed by atoms with Crippen LogP contribution in [-0.2, 0) is 0 Å². The van der Waals surface area contributed by atoms with Gasteiger partial charge in [0, 0.05) is 10.3 Å². The maximum absolute atomic E-state index is 13.1. The summed E-state index contributed by atoms with van der Waals surface area (Å²) < 4.78 is 39.7. The average Bonchev–Trinajstić information content (AvgIpc) is 2.84. The van der Waals surface area contributed by atoms with Crippen LogP contribution in [0.5, 0.6) is 0 Å². The summed E-state index contributed by atoms with van der Waals surface area (Å²) in [6.07, 6.45) is 0. The fraction of sp³-hybridized carbons (Fsp3) is 0. The van der Waals surface area contributed by atoms with Gasteiger partial charge in [-0.15, -0.1) is 11.3 Å². The molecule has 0 N–H and O–H groups in total. The monoisotopic (exact) mass is 292 g/mol. The lowest BCUT2D eigenvalue weighted by Gasteiger charge is -1.98. The van der Waals surface area contributed by atoms with Crippen molar-refractivity contribution in [3.8, 4) is 0 Å². The number of thiophene rings is 1. The van der Waals surface area contributed by atoms with E-state index in [0.29, 0.717) is 9.58 Å². The van der Waals surface area contributed by atoms with E-state index in [0.717, 1.165) is 28.9 Å². The van der Waals surface area contributed by atoms with Gasteiger partial charge in [-0.3, -0.25) is 4.79 Å². The molecule has 0 saturated heterocycles. The van der Waals surface area contributed by atoms with Crippen molar-refractivity contribution >= 4 is 27.2 Å². The molecule has 100 valence electrons. The summed E-state index contributed by atoms with van der Waals surface area (Å²) in [7, 11) is 0. The molecule has 0 radical (unpaired) electrons. The molecule has 0 bridgehead atoms. The largest absolute Gasteiger partial charge is 0.288 e. The number of hydrogen-bond donors (Lipinski definition) is 0. The molecular formula is C15H7F3OS. The van der Waals surface area contributed by atoms with E-state index >= 15 is 0 Å². The molecule has 0 aliphatic rings. The van der Waals surface area contributed by atoms with Crippen molar-refractivity contribution in [1.29, 1.82) is 0 Å². The van der Waals surface area contributed by atoms with Gasteiger partial charge in [0.1, 0.15) is 5.82 Å². The molecule has 0 unspecified atom stereocenters. The Labute approximate surface area is 116 Å². The van der Waals surface area contributed by atoms with Gasteiger partial charge in [-0.1, -0.05) is 6.07 Å². The predicted molar refractivity (Wildman–Crippen MR) is 71.6 cm³/mol. The van der Waals surface area contributed by atoms with E-state index in [4.69, 9.17) is 0 Å². The minimum Gasteiger partial charge on any atom is -0.288 e. The molecule has 5 heteroatoms. The van der Waals surface area contributed by atoms with Crippen molar-refractivity contribution in [3.05, 3.63) is 70.4 Å². The maximum Gasteiger partial charge on any atom is 0.203 e. The minimum atomic E-state index is -1.07. The Morgan fingerprint density at radius 2 is 1.70 bits per heavy atom. The van der Waals surface area contributed by atoms with Crippen molar-refractivity contribution < 1.29 is 18.0 Å². The molecule has 0 amide bonds. The first-order chi connectivity index (χ1) is 9.54. The molecule has 3 rings (SSSR count). The summed E-state index contributed by atoms with van der Waals surface area (Å²) in [4.78, 5) is 12.5. The average molecular weight is 292 g/mol. The Bertz CT molecular complexity index is 823. The summed E-state index contributed by atoms with van der Waals surface area (Å²) in [5.74, 6) is -2.86. The van der Waals surface area contributed by atoms with Gasteiger partial charge in [0.25, 0.3) is 0 Å². The molecule has 0 fully saturated rings. The van der Waals surface area contributed by atoms with Gasteiger partial charge in [0.05, 0.1) is 4.88 Å². The van der Waals surface area contributed by atoms with Gasteiger partial charge in [0.2, 0.25) is 5.78 Å². The Hall–Kier alpha value is -2.14. The number of halogens is 3. The summed E-state index contributed by atoms with van der Waals surface area (Å²) in [6, 6.07) is 8.83. The van der Waals surface area contributed by atoms with E-state index in [-0.39, 0.29) is 11.4 Å². The summed E-state index contributed by atoms with van der Waals surface area (Å²) >= 11 is 1.12. The lowest BCUT2D eigenvalue weighted by Crippen LogP contribution is -2.00. The van der Waals surface area contributed by atoms with Crippen molar-refractivity contribution in [2.45, 2.75) is 0 Å². The molecule has 1 nitrogen and oxygen atoms in total. The Kier molecular flexibility index (Phi) is 3.06. The Morgan fingerprint density at radius 1 is 0.900 bits per heavy atom.